The van der Waals surface area contributed by atoms with Crippen LogP contribution in [0.4, 0.5) is 4.39 Å². The molecule has 4 heteroatoms. The van der Waals surface area contributed by atoms with Gasteiger partial charge in [-0.05, 0) is 59.3 Å². The molecule has 0 unspecified atom stereocenters. The molecule has 0 atom stereocenters. The van der Waals surface area contributed by atoms with Crippen molar-refractivity contribution >= 4 is 17.1 Å². The van der Waals surface area contributed by atoms with Crippen molar-refractivity contribution in [2.24, 2.45) is 0 Å². The van der Waals surface area contributed by atoms with Gasteiger partial charge in [-0.1, -0.05) is 49.7 Å². The first-order valence-electron chi connectivity index (χ1n) is 10.3. The zero-order chi connectivity index (χ0) is 21.8. The van der Waals surface area contributed by atoms with E-state index in [4.69, 9.17) is 9.47 Å². The zero-order valence-corrected chi connectivity index (χ0v) is 17.5. The fourth-order valence-corrected chi connectivity index (χ4v) is 3.81. The normalized spacial score (nSPS) is 10.8. The maximum Gasteiger partial charge on any atom is 0.165 e. The average Bonchev–Trinajstić information content (AvgIpc) is 2.80. The lowest BCUT2D eigenvalue weighted by Crippen LogP contribution is -1.98. The van der Waals surface area contributed by atoms with Gasteiger partial charge in [0, 0.05) is 16.5 Å². The summed E-state index contributed by atoms with van der Waals surface area (Å²) in [5, 5.41) is 1.51. The van der Waals surface area contributed by atoms with Crippen molar-refractivity contribution in [1.29, 1.82) is 0 Å². The van der Waals surface area contributed by atoms with Gasteiger partial charge in [-0.25, -0.2) is 4.39 Å². The summed E-state index contributed by atoms with van der Waals surface area (Å²) in [4.78, 5) is 11.0. The molecular weight excluding hydrogens is 391 g/mol. The van der Waals surface area contributed by atoms with Crippen molar-refractivity contribution in [2.45, 2.75) is 19.8 Å². The van der Waals surface area contributed by atoms with Gasteiger partial charge in [0.25, 0.3) is 0 Å². The summed E-state index contributed by atoms with van der Waals surface area (Å²) < 4.78 is 26.3. The van der Waals surface area contributed by atoms with Crippen LogP contribution in [-0.4, -0.2) is 13.4 Å². The number of methoxy groups -OCH3 is 1. The molecule has 4 aromatic carbocycles. The highest BCUT2D eigenvalue weighted by molar-refractivity contribution is 5.98. The minimum Gasteiger partial charge on any atom is -0.494 e. The van der Waals surface area contributed by atoms with Crippen molar-refractivity contribution in [3.05, 3.63) is 89.7 Å². The molecule has 156 valence electrons. The van der Waals surface area contributed by atoms with Gasteiger partial charge in [-0.2, -0.15) is 0 Å². The Bertz CT molecular complexity index is 1220. The van der Waals surface area contributed by atoms with E-state index in [1.54, 1.807) is 30.3 Å². The molecule has 0 aromatic heterocycles. The van der Waals surface area contributed by atoms with Crippen LogP contribution in [0.2, 0.25) is 0 Å². The van der Waals surface area contributed by atoms with Crippen molar-refractivity contribution < 1.29 is 18.7 Å². The molecule has 0 fully saturated rings. The van der Waals surface area contributed by atoms with E-state index in [2.05, 4.69) is 13.0 Å². The summed E-state index contributed by atoms with van der Waals surface area (Å²) in [5.41, 5.74) is 3.63. The Morgan fingerprint density at radius 2 is 1.71 bits per heavy atom. The van der Waals surface area contributed by atoms with Crippen LogP contribution in [-0.2, 0) is 6.42 Å². The quantitative estimate of drug-likeness (QED) is 0.300. The molecule has 0 radical (unpaired) electrons. The average molecular weight is 414 g/mol. The predicted molar refractivity (Wildman–Crippen MR) is 122 cm³/mol. The van der Waals surface area contributed by atoms with Crippen LogP contribution in [0.5, 0.6) is 17.2 Å². The van der Waals surface area contributed by atoms with Gasteiger partial charge in [0.1, 0.15) is 17.8 Å². The first kappa shape index (κ1) is 20.6. The Morgan fingerprint density at radius 1 is 0.968 bits per heavy atom. The number of aldehydes is 1. The number of carbonyl (C=O) groups excluding carboxylic acids is 1. The highest BCUT2D eigenvalue weighted by atomic mass is 19.1. The molecular formula is C27H23FO3. The van der Waals surface area contributed by atoms with Crippen molar-refractivity contribution in [1.82, 2.24) is 0 Å². The Labute approximate surface area is 181 Å². The topological polar surface area (TPSA) is 35.5 Å². The number of hydrogen-bond acceptors (Lipinski definition) is 3. The van der Waals surface area contributed by atoms with E-state index >= 15 is 0 Å². The van der Waals surface area contributed by atoms with Gasteiger partial charge in [0.15, 0.2) is 11.6 Å². The largest absolute Gasteiger partial charge is 0.494 e. The smallest absolute Gasteiger partial charge is 0.165 e. The second kappa shape index (κ2) is 9.00. The summed E-state index contributed by atoms with van der Waals surface area (Å²) >= 11 is 0. The van der Waals surface area contributed by atoms with Gasteiger partial charge in [-0.15, -0.1) is 0 Å². The van der Waals surface area contributed by atoms with Crippen LogP contribution in [0, 0.1) is 5.82 Å². The van der Waals surface area contributed by atoms with Gasteiger partial charge < -0.3 is 9.47 Å². The SMILES string of the molecule is CCCc1cc2cc(OC)c(F)cc2c(Oc2ccc(C=O)cc2)c1-c1ccccc1. The third-order valence-electron chi connectivity index (χ3n) is 5.26. The van der Waals surface area contributed by atoms with Gasteiger partial charge in [0.05, 0.1) is 7.11 Å². The van der Waals surface area contributed by atoms with Gasteiger partial charge in [-0.3, -0.25) is 4.79 Å². The maximum atomic E-state index is 14.7. The van der Waals surface area contributed by atoms with E-state index in [1.807, 2.05) is 30.3 Å². The lowest BCUT2D eigenvalue weighted by atomic mass is 9.91. The Morgan fingerprint density at radius 3 is 2.35 bits per heavy atom. The summed E-state index contributed by atoms with van der Waals surface area (Å²) in [6, 6.07) is 22.1. The fourth-order valence-electron chi connectivity index (χ4n) is 3.81. The standard InChI is InChI=1S/C27H23FO3/c1-3-7-20-14-21-15-25(30-2)24(28)16-23(21)27(26(20)19-8-5-4-6-9-19)31-22-12-10-18(17-29)11-13-22/h4-6,8-17H,3,7H2,1-2H3. The predicted octanol–water partition coefficient (Wildman–Crippen LogP) is 7.21. The Hall–Kier alpha value is -3.66. The summed E-state index contributed by atoms with van der Waals surface area (Å²) in [6.45, 7) is 2.13. The third-order valence-corrected chi connectivity index (χ3v) is 5.26. The summed E-state index contributed by atoms with van der Waals surface area (Å²) in [5.74, 6) is 0.920. The molecule has 0 aliphatic rings. The summed E-state index contributed by atoms with van der Waals surface area (Å²) in [7, 11) is 1.46. The minimum atomic E-state index is -0.446. The highest BCUT2D eigenvalue weighted by Gasteiger charge is 2.19. The number of halogens is 1. The number of fused-ring (bicyclic) bond motifs is 1. The molecule has 0 bridgehead atoms. The van der Waals surface area contributed by atoms with Gasteiger partial charge >= 0.3 is 0 Å². The third kappa shape index (κ3) is 4.15. The minimum absolute atomic E-state index is 0.198. The molecule has 0 amide bonds. The second-order valence-electron chi connectivity index (χ2n) is 7.35. The van der Waals surface area contributed by atoms with Gasteiger partial charge in [0.2, 0.25) is 0 Å². The van der Waals surface area contributed by atoms with Crippen molar-refractivity contribution in [3.63, 3.8) is 0 Å². The molecule has 31 heavy (non-hydrogen) atoms. The molecule has 0 saturated heterocycles. The number of benzene rings is 4. The van der Waals surface area contributed by atoms with Crippen molar-refractivity contribution in [3.8, 4) is 28.4 Å². The molecule has 0 saturated carbocycles. The number of carbonyl (C=O) groups is 1. The molecule has 4 aromatic rings. The molecule has 4 rings (SSSR count). The first-order chi connectivity index (χ1) is 15.1. The lowest BCUT2D eigenvalue weighted by Gasteiger charge is -2.19. The van der Waals surface area contributed by atoms with Crippen LogP contribution in [0.25, 0.3) is 21.9 Å². The Kier molecular flexibility index (Phi) is 5.99. The molecule has 0 heterocycles. The van der Waals surface area contributed by atoms with E-state index in [0.29, 0.717) is 22.4 Å². The second-order valence-corrected chi connectivity index (χ2v) is 7.35. The van der Waals surface area contributed by atoms with E-state index in [0.717, 1.165) is 41.2 Å². The van der Waals surface area contributed by atoms with E-state index < -0.39 is 5.82 Å². The molecule has 0 N–H and O–H groups in total. The monoisotopic (exact) mass is 414 g/mol. The molecule has 0 aliphatic carbocycles. The van der Waals surface area contributed by atoms with Crippen molar-refractivity contribution in [2.75, 3.05) is 7.11 Å². The van der Waals surface area contributed by atoms with Crippen LogP contribution >= 0.6 is 0 Å². The number of rotatable bonds is 7. The fraction of sp³-hybridized carbons (Fsp3) is 0.148. The highest BCUT2D eigenvalue weighted by Crippen LogP contribution is 2.44. The molecule has 0 aliphatic heterocycles. The van der Waals surface area contributed by atoms with E-state index in [-0.39, 0.29) is 5.75 Å². The number of aryl methyl sites for hydroxylation is 1. The lowest BCUT2D eigenvalue weighted by molar-refractivity contribution is 0.112. The number of hydrogen-bond donors (Lipinski definition) is 0. The maximum absolute atomic E-state index is 14.7. The molecule has 3 nitrogen and oxygen atoms in total. The van der Waals surface area contributed by atoms with E-state index in [9.17, 15) is 9.18 Å². The van der Waals surface area contributed by atoms with Crippen LogP contribution < -0.4 is 9.47 Å². The zero-order valence-electron chi connectivity index (χ0n) is 17.5. The molecule has 0 spiro atoms. The van der Waals surface area contributed by atoms with Crippen LogP contribution in [0.15, 0.2) is 72.8 Å². The van der Waals surface area contributed by atoms with E-state index in [1.165, 1.54) is 13.2 Å². The van der Waals surface area contributed by atoms with Crippen LogP contribution in [0.1, 0.15) is 29.3 Å². The first-order valence-corrected chi connectivity index (χ1v) is 10.3. The number of ether oxygens (including phenoxy) is 2. The Balaban J connectivity index is 2.01. The van der Waals surface area contributed by atoms with Crippen LogP contribution in [0.3, 0.4) is 0 Å². The summed E-state index contributed by atoms with van der Waals surface area (Å²) in [6.07, 6.45) is 2.59.